The first kappa shape index (κ1) is 19.5. The lowest BCUT2D eigenvalue weighted by Gasteiger charge is -2.22. The van der Waals surface area contributed by atoms with Crippen LogP contribution in [0.2, 0.25) is 5.02 Å². The van der Waals surface area contributed by atoms with Crippen LogP contribution in [0.5, 0.6) is 5.75 Å². The number of nitrogens with zero attached hydrogens (tertiary/aromatic N) is 1. The summed E-state index contributed by atoms with van der Waals surface area (Å²) < 4.78 is 5.31. The summed E-state index contributed by atoms with van der Waals surface area (Å²) in [5.74, 6) is 0.337. The molecule has 1 saturated heterocycles. The lowest BCUT2D eigenvalue weighted by atomic mass is 10.0. The molecule has 0 aliphatic carbocycles. The molecule has 1 aliphatic rings. The highest BCUT2D eigenvalue weighted by molar-refractivity contribution is 6.31. The highest BCUT2D eigenvalue weighted by Crippen LogP contribution is 2.35. The van der Waals surface area contributed by atoms with Crippen LogP contribution in [0.1, 0.15) is 26.7 Å². The Hall–Kier alpha value is -1.79. The van der Waals surface area contributed by atoms with Crippen molar-refractivity contribution in [3.63, 3.8) is 0 Å². The Bertz CT molecular complexity index is 636. The number of halogens is 1. The largest absolute Gasteiger partial charge is 0.495 e. The van der Waals surface area contributed by atoms with E-state index in [1.807, 2.05) is 0 Å². The number of carbonyl (C=O) groups is 2. The summed E-state index contributed by atoms with van der Waals surface area (Å²) in [6.45, 7) is 4.86. The maximum absolute atomic E-state index is 12.5. The molecule has 2 unspecified atom stereocenters. The third kappa shape index (κ3) is 4.86. The van der Waals surface area contributed by atoms with Crippen molar-refractivity contribution in [1.29, 1.82) is 0 Å². The summed E-state index contributed by atoms with van der Waals surface area (Å²) >= 11 is 6.05. The number of ether oxygens (including phenoxy) is 1. The molecule has 2 amide bonds. The zero-order valence-corrected chi connectivity index (χ0v) is 15.7. The van der Waals surface area contributed by atoms with Crippen molar-refractivity contribution in [2.45, 2.75) is 32.7 Å². The molecule has 0 spiro atoms. The Morgan fingerprint density at radius 3 is 2.80 bits per heavy atom. The van der Waals surface area contributed by atoms with Gasteiger partial charge in [-0.1, -0.05) is 25.4 Å². The number of nitrogens with one attached hydrogen (secondary N) is 1. The van der Waals surface area contributed by atoms with Gasteiger partial charge < -0.3 is 20.7 Å². The quantitative estimate of drug-likeness (QED) is 0.773. The number of rotatable bonds is 7. The van der Waals surface area contributed by atoms with Crippen LogP contribution in [0.4, 0.5) is 5.69 Å². The Balaban J connectivity index is 2.09. The van der Waals surface area contributed by atoms with Gasteiger partial charge in [0, 0.05) is 30.6 Å². The molecule has 6 nitrogen and oxygen atoms in total. The molecule has 0 saturated carbocycles. The van der Waals surface area contributed by atoms with E-state index in [-0.39, 0.29) is 24.3 Å². The van der Waals surface area contributed by atoms with Gasteiger partial charge in [-0.2, -0.15) is 0 Å². The summed E-state index contributed by atoms with van der Waals surface area (Å²) in [4.78, 5) is 26.5. The molecule has 0 aromatic heterocycles. The molecular weight excluding hydrogens is 342 g/mol. The molecule has 2 atom stereocenters. The number of anilines is 1. The lowest BCUT2D eigenvalue weighted by molar-refractivity contribution is -0.127. The third-order valence-electron chi connectivity index (χ3n) is 4.31. The average molecular weight is 368 g/mol. The van der Waals surface area contributed by atoms with E-state index in [1.165, 1.54) is 7.11 Å². The third-order valence-corrected chi connectivity index (χ3v) is 4.55. The van der Waals surface area contributed by atoms with Gasteiger partial charge in [0.25, 0.3) is 0 Å². The summed E-state index contributed by atoms with van der Waals surface area (Å²) in [6, 6.07) is 5.02. The smallest absolute Gasteiger partial charge is 0.227 e. The molecule has 138 valence electrons. The topological polar surface area (TPSA) is 84.7 Å². The van der Waals surface area contributed by atoms with Gasteiger partial charge in [0.1, 0.15) is 5.75 Å². The summed E-state index contributed by atoms with van der Waals surface area (Å²) in [6.07, 6.45) is 0.981. The summed E-state index contributed by atoms with van der Waals surface area (Å²) in [7, 11) is 1.54. The molecule has 1 aliphatic heterocycles. The predicted octanol–water partition coefficient (Wildman–Crippen LogP) is 2.19. The van der Waals surface area contributed by atoms with Gasteiger partial charge in [-0.25, -0.2) is 0 Å². The van der Waals surface area contributed by atoms with Crippen molar-refractivity contribution < 1.29 is 14.3 Å². The van der Waals surface area contributed by atoms with Gasteiger partial charge in [0.15, 0.2) is 0 Å². The Labute approximate surface area is 153 Å². The van der Waals surface area contributed by atoms with E-state index in [0.29, 0.717) is 35.5 Å². The normalized spacial score (nSPS) is 18.6. The van der Waals surface area contributed by atoms with Crippen LogP contribution < -0.4 is 20.7 Å². The Kier molecular flexibility index (Phi) is 6.67. The van der Waals surface area contributed by atoms with Gasteiger partial charge >= 0.3 is 0 Å². The first-order chi connectivity index (χ1) is 11.8. The van der Waals surface area contributed by atoms with Crippen LogP contribution >= 0.6 is 11.6 Å². The number of benzene rings is 1. The number of hydrogen-bond acceptors (Lipinski definition) is 4. The predicted molar refractivity (Wildman–Crippen MR) is 98.9 cm³/mol. The monoisotopic (exact) mass is 367 g/mol. The van der Waals surface area contributed by atoms with Gasteiger partial charge in [-0.15, -0.1) is 0 Å². The van der Waals surface area contributed by atoms with Crippen LogP contribution in [0.25, 0.3) is 0 Å². The number of amides is 2. The number of nitrogens with two attached hydrogens (primary N) is 1. The van der Waals surface area contributed by atoms with Crippen LogP contribution in [0.3, 0.4) is 0 Å². The van der Waals surface area contributed by atoms with Gasteiger partial charge in [0.2, 0.25) is 11.8 Å². The standard InChI is InChI=1S/C18H26ClN3O3/c1-11(2)6-14(9-20)21-18(24)12-7-17(23)22(10-12)15-8-13(19)4-5-16(15)25-3/h4-5,8,11-12,14H,6-7,9-10,20H2,1-3H3,(H,21,24). The van der Waals surface area contributed by atoms with E-state index >= 15 is 0 Å². The summed E-state index contributed by atoms with van der Waals surface area (Å²) in [5.41, 5.74) is 6.34. The minimum Gasteiger partial charge on any atom is -0.495 e. The highest BCUT2D eigenvalue weighted by atomic mass is 35.5. The summed E-state index contributed by atoms with van der Waals surface area (Å²) in [5, 5.41) is 3.48. The van der Waals surface area contributed by atoms with E-state index in [0.717, 1.165) is 6.42 Å². The van der Waals surface area contributed by atoms with Crippen molar-refractivity contribution in [2.75, 3.05) is 25.1 Å². The van der Waals surface area contributed by atoms with Gasteiger partial charge in [0.05, 0.1) is 18.7 Å². The van der Waals surface area contributed by atoms with Crippen LogP contribution in [0.15, 0.2) is 18.2 Å². The molecule has 3 N–H and O–H groups in total. The van der Waals surface area contributed by atoms with E-state index in [2.05, 4.69) is 19.2 Å². The van der Waals surface area contributed by atoms with Crippen molar-refractivity contribution in [3.8, 4) is 5.75 Å². The minimum atomic E-state index is -0.405. The van der Waals surface area contributed by atoms with E-state index in [9.17, 15) is 9.59 Å². The number of hydrogen-bond donors (Lipinski definition) is 2. The Morgan fingerprint density at radius 1 is 1.48 bits per heavy atom. The van der Waals surface area contributed by atoms with Gasteiger partial charge in [-0.05, 0) is 30.5 Å². The van der Waals surface area contributed by atoms with Crippen molar-refractivity contribution >= 4 is 29.1 Å². The second kappa shape index (κ2) is 8.54. The Morgan fingerprint density at radius 2 is 2.20 bits per heavy atom. The zero-order chi connectivity index (χ0) is 18.6. The molecule has 7 heteroatoms. The molecule has 1 heterocycles. The maximum atomic E-state index is 12.5. The SMILES string of the molecule is COc1ccc(Cl)cc1N1CC(C(=O)NC(CN)CC(C)C)CC1=O. The molecule has 1 fully saturated rings. The number of carbonyl (C=O) groups excluding carboxylic acids is 2. The highest BCUT2D eigenvalue weighted by Gasteiger charge is 2.36. The fraction of sp³-hybridized carbons (Fsp3) is 0.556. The zero-order valence-electron chi connectivity index (χ0n) is 14.9. The second-order valence-electron chi connectivity index (χ2n) is 6.79. The van der Waals surface area contributed by atoms with Crippen molar-refractivity contribution in [1.82, 2.24) is 5.32 Å². The molecule has 0 bridgehead atoms. The fourth-order valence-electron chi connectivity index (χ4n) is 3.09. The second-order valence-corrected chi connectivity index (χ2v) is 7.23. The van der Waals surface area contributed by atoms with Crippen LogP contribution in [0, 0.1) is 11.8 Å². The van der Waals surface area contributed by atoms with Gasteiger partial charge in [-0.3, -0.25) is 9.59 Å². The number of methoxy groups -OCH3 is 1. The molecule has 1 aromatic rings. The fourth-order valence-corrected chi connectivity index (χ4v) is 3.26. The maximum Gasteiger partial charge on any atom is 0.227 e. The van der Waals surface area contributed by atoms with Crippen molar-refractivity contribution in [2.24, 2.45) is 17.6 Å². The van der Waals surface area contributed by atoms with Crippen LogP contribution in [-0.2, 0) is 9.59 Å². The van der Waals surface area contributed by atoms with Crippen molar-refractivity contribution in [3.05, 3.63) is 23.2 Å². The lowest BCUT2D eigenvalue weighted by Crippen LogP contribution is -2.44. The first-order valence-electron chi connectivity index (χ1n) is 8.50. The van der Waals surface area contributed by atoms with Crippen LogP contribution in [-0.4, -0.2) is 38.1 Å². The van der Waals surface area contributed by atoms with E-state index in [1.54, 1.807) is 23.1 Å². The molecule has 2 rings (SSSR count). The average Bonchev–Trinajstić information content (AvgIpc) is 2.95. The first-order valence-corrected chi connectivity index (χ1v) is 8.87. The minimum absolute atomic E-state index is 0.0719. The molecule has 25 heavy (non-hydrogen) atoms. The molecule has 0 radical (unpaired) electrons. The molecular formula is C18H26ClN3O3. The van der Waals surface area contributed by atoms with E-state index in [4.69, 9.17) is 22.1 Å². The molecule has 1 aromatic carbocycles. The van der Waals surface area contributed by atoms with E-state index < -0.39 is 5.92 Å².